The van der Waals surface area contributed by atoms with Crippen molar-refractivity contribution in [3.05, 3.63) is 24.2 Å². The number of aryl methyl sites for hydroxylation is 1. The van der Waals surface area contributed by atoms with Crippen LogP contribution in [0.1, 0.15) is 38.8 Å². The number of hydrogen-bond donors (Lipinski definition) is 4. The summed E-state index contributed by atoms with van der Waals surface area (Å²) in [5.41, 5.74) is 3.07. The molecule has 31 heavy (non-hydrogen) atoms. The highest BCUT2D eigenvalue weighted by Gasteiger charge is 2.40. The molecule has 0 bridgehead atoms. The number of anilines is 1. The van der Waals surface area contributed by atoms with Crippen molar-refractivity contribution in [3.8, 4) is 0 Å². The van der Waals surface area contributed by atoms with Gasteiger partial charge < -0.3 is 25.6 Å². The van der Waals surface area contributed by atoms with Crippen molar-refractivity contribution in [1.82, 2.24) is 20.3 Å². The predicted molar refractivity (Wildman–Crippen MR) is 116 cm³/mol. The molecule has 1 atom stereocenters. The Balaban J connectivity index is 0.000000370. The molecule has 0 amide bonds. The number of aliphatic carboxylic acids is 2. The van der Waals surface area contributed by atoms with E-state index in [0.29, 0.717) is 5.41 Å². The van der Waals surface area contributed by atoms with Gasteiger partial charge in [0.1, 0.15) is 11.8 Å². The summed E-state index contributed by atoms with van der Waals surface area (Å²) in [5, 5.41) is 21.7. The van der Waals surface area contributed by atoms with Crippen LogP contribution in [0.3, 0.4) is 0 Å². The molecule has 10 heteroatoms. The fourth-order valence-corrected chi connectivity index (χ4v) is 3.71. The van der Waals surface area contributed by atoms with Crippen LogP contribution in [0, 0.1) is 12.3 Å². The van der Waals surface area contributed by atoms with E-state index in [1.165, 1.54) is 12.8 Å². The lowest BCUT2D eigenvalue weighted by Crippen LogP contribution is -2.37. The van der Waals surface area contributed by atoms with Crippen LogP contribution in [0.5, 0.6) is 0 Å². The van der Waals surface area contributed by atoms with Crippen LogP contribution < -0.4 is 10.6 Å². The first-order valence-electron chi connectivity index (χ1n) is 10.2. The average molecular weight is 434 g/mol. The lowest BCUT2D eigenvalue weighted by molar-refractivity contribution is -0.135. The molecule has 2 aliphatic rings. The molecule has 0 aromatic carbocycles. The minimum Gasteiger partial charge on any atom is -0.481 e. The zero-order chi connectivity index (χ0) is 22.9. The summed E-state index contributed by atoms with van der Waals surface area (Å²) < 4.78 is 6.05. The first-order valence-corrected chi connectivity index (χ1v) is 10.2. The van der Waals surface area contributed by atoms with E-state index < -0.39 is 11.9 Å². The maximum atomic E-state index is 9.00. The number of nitrogens with zero attached hydrogens (tertiary/aromatic N) is 3. The van der Waals surface area contributed by atoms with Gasteiger partial charge in [0, 0.05) is 26.1 Å². The lowest BCUT2D eigenvalue weighted by atomic mass is 9.77. The summed E-state index contributed by atoms with van der Waals surface area (Å²) in [7, 11) is 0. The second-order valence-electron chi connectivity index (χ2n) is 7.85. The van der Waals surface area contributed by atoms with Gasteiger partial charge in [-0.3, -0.25) is 9.59 Å². The molecule has 2 aliphatic heterocycles. The lowest BCUT2D eigenvalue weighted by Gasteiger charge is -2.32. The molecule has 4 heterocycles. The number of carbonyl (C=O) groups is 2. The molecular weight excluding hydrogens is 402 g/mol. The number of ether oxygens (including phenoxy) is 1. The number of carboxylic acids is 2. The summed E-state index contributed by atoms with van der Waals surface area (Å²) in [6.45, 7) is 8.05. The summed E-state index contributed by atoms with van der Waals surface area (Å²) in [5.74, 6) is -0.867. The molecule has 4 N–H and O–H groups in total. The monoisotopic (exact) mass is 433 g/mol. The molecular formula is C21H31N5O5. The Morgan fingerprint density at radius 3 is 2.48 bits per heavy atom. The molecule has 2 saturated heterocycles. The number of aromatic nitrogens is 3. The van der Waals surface area contributed by atoms with E-state index in [9.17, 15) is 0 Å². The van der Waals surface area contributed by atoms with E-state index in [1.54, 1.807) is 6.33 Å². The molecule has 4 rings (SSSR count). The van der Waals surface area contributed by atoms with Crippen LogP contribution in [0.25, 0.3) is 11.0 Å². The fraction of sp³-hybridized carbons (Fsp3) is 0.571. The summed E-state index contributed by atoms with van der Waals surface area (Å²) in [6, 6.07) is 3.96. The molecule has 170 valence electrons. The van der Waals surface area contributed by atoms with Crippen LogP contribution in [-0.2, 0) is 14.3 Å². The first kappa shape index (κ1) is 24.4. The smallest absolute Gasteiger partial charge is 0.300 e. The second kappa shape index (κ2) is 11.5. The van der Waals surface area contributed by atoms with Gasteiger partial charge in [0.25, 0.3) is 11.9 Å². The maximum absolute atomic E-state index is 9.00. The quantitative estimate of drug-likeness (QED) is 0.567. The fourth-order valence-electron chi connectivity index (χ4n) is 3.71. The van der Waals surface area contributed by atoms with Crippen LogP contribution >= 0.6 is 0 Å². The van der Waals surface area contributed by atoms with Gasteiger partial charge in [-0.25, -0.2) is 15.0 Å². The molecule has 0 radical (unpaired) electrons. The van der Waals surface area contributed by atoms with Crippen molar-refractivity contribution in [2.24, 2.45) is 5.41 Å². The van der Waals surface area contributed by atoms with Gasteiger partial charge in [-0.2, -0.15) is 0 Å². The normalized spacial score (nSPS) is 19.0. The van der Waals surface area contributed by atoms with E-state index in [0.717, 1.165) is 69.1 Å². The van der Waals surface area contributed by atoms with E-state index >= 15 is 0 Å². The SMILES string of the molecule is CC(=O)O.CC(=O)O.Cc1ccc2ncnc(NCC3CC4(CCNCC4)CO3)c2n1. The third-order valence-corrected chi connectivity index (χ3v) is 5.07. The molecule has 2 aromatic heterocycles. The van der Waals surface area contributed by atoms with E-state index in [4.69, 9.17) is 24.5 Å². The largest absolute Gasteiger partial charge is 0.481 e. The summed E-state index contributed by atoms with van der Waals surface area (Å²) >= 11 is 0. The van der Waals surface area contributed by atoms with Crippen molar-refractivity contribution in [2.45, 2.75) is 46.1 Å². The van der Waals surface area contributed by atoms with Crippen LogP contribution in [0.4, 0.5) is 5.82 Å². The zero-order valence-electron chi connectivity index (χ0n) is 18.2. The van der Waals surface area contributed by atoms with Gasteiger partial charge in [-0.05, 0) is 56.8 Å². The Morgan fingerprint density at radius 2 is 1.84 bits per heavy atom. The third-order valence-electron chi connectivity index (χ3n) is 5.07. The number of pyridine rings is 1. The Kier molecular flexibility index (Phi) is 9.07. The maximum Gasteiger partial charge on any atom is 0.300 e. The molecule has 0 saturated carbocycles. The highest BCUT2D eigenvalue weighted by molar-refractivity contribution is 5.84. The van der Waals surface area contributed by atoms with Gasteiger partial charge in [0.15, 0.2) is 5.82 Å². The standard InChI is InChI=1S/C17H23N5O.2C2H4O2/c1-12-2-3-14-15(22-12)16(21-11-20-14)19-9-13-8-17(10-23-13)4-6-18-7-5-17;2*1-2(3)4/h2-3,11,13,18H,4-10H2,1H3,(H,19,20,21);2*1H3,(H,3,4). The van der Waals surface area contributed by atoms with Gasteiger partial charge in [0.05, 0.1) is 18.2 Å². The van der Waals surface area contributed by atoms with E-state index in [1.807, 2.05) is 19.1 Å². The number of carboxylic acid groups (broad SMARTS) is 2. The highest BCUT2D eigenvalue weighted by Crippen LogP contribution is 2.40. The Bertz CT molecular complexity index is 866. The zero-order valence-corrected chi connectivity index (χ0v) is 18.2. The molecule has 1 unspecified atom stereocenters. The summed E-state index contributed by atoms with van der Waals surface area (Å²) in [4.78, 5) is 31.2. The van der Waals surface area contributed by atoms with Crippen molar-refractivity contribution in [2.75, 3.05) is 31.6 Å². The van der Waals surface area contributed by atoms with Gasteiger partial charge >= 0.3 is 0 Å². The van der Waals surface area contributed by atoms with Crippen molar-refractivity contribution in [1.29, 1.82) is 0 Å². The Morgan fingerprint density at radius 1 is 1.19 bits per heavy atom. The van der Waals surface area contributed by atoms with Crippen molar-refractivity contribution < 1.29 is 24.5 Å². The number of hydrogen-bond acceptors (Lipinski definition) is 8. The number of rotatable bonds is 3. The second-order valence-corrected chi connectivity index (χ2v) is 7.85. The van der Waals surface area contributed by atoms with Crippen molar-refractivity contribution >= 4 is 28.8 Å². The van der Waals surface area contributed by atoms with Gasteiger partial charge in [-0.1, -0.05) is 0 Å². The van der Waals surface area contributed by atoms with Crippen LogP contribution in [0.2, 0.25) is 0 Å². The minimum atomic E-state index is -0.833. The van der Waals surface area contributed by atoms with Crippen LogP contribution in [-0.4, -0.2) is 69.4 Å². The van der Waals surface area contributed by atoms with E-state index in [2.05, 4.69) is 25.6 Å². The molecule has 0 aliphatic carbocycles. The van der Waals surface area contributed by atoms with Crippen molar-refractivity contribution in [3.63, 3.8) is 0 Å². The Labute approximate surface area is 181 Å². The molecule has 2 aromatic rings. The topological polar surface area (TPSA) is 147 Å². The molecule has 1 spiro atoms. The summed E-state index contributed by atoms with van der Waals surface area (Å²) in [6.07, 6.45) is 5.42. The average Bonchev–Trinajstić information content (AvgIpc) is 3.08. The van der Waals surface area contributed by atoms with Gasteiger partial charge in [-0.15, -0.1) is 0 Å². The third kappa shape index (κ3) is 8.06. The number of fused-ring (bicyclic) bond motifs is 1. The molecule has 2 fully saturated rings. The first-order chi connectivity index (χ1) is 14.7. The minimum absolute atomic E-state index is 0.253. The number of nitrogens with one attached hydrogen (secondary N) is 2. The van der Waals surface area contributed by atoms with Crippen LogP contribution in [0.15, 0.2) is 18.5 Å². The predicted octanol–water partition coefficient (Wildman–Crippen LogP) is 2.09. The molecule has 10 nitrogen and oxygen atoms in total. The highest BCUT2D eigenvalue weighted by atomic mass is 16.5. The number of piperidine rings is 1. The van der Waals surface area contributed by atoms with Gasteiger partial charge in [0.2, 0.25) is 0 Å². The Hall–Kier alpha value is -2.85. The van der Waals surface area contributed by atoms with E-state index in [-0.39, 0.29) is 6.10 Å².